The molecule has 64 heavy (non-hydrogen) atoms. The largest absolute Gasteiger partial charge is 0.481 e. The van der Waals surface area contributed by atoms with E-state index in [0.717, 1.165) is 68.6 Å². The highest BCUT2D eigenvalue weighted by Gasteiger charge is 2.46. The van der Waals surface area contributed by atoms with Crippen LogP contribution in [0.25, 0.3) is 0 Å². The van der Waals surface area contributed by atoms with Crippen molar-refractivity contribution in [2.24, 2.45) is 5.92 Å². The first-order valence-electron chi connectivity index (χ1n) is 22.7. The van der Waals surface area contributed by atoms with Gasteiger partial charge in [0.1, 0.15) is 30.7 Å². The predicted molar refractivity (Wildman–Crippen MR) is 238 cm³/mol. The second kappa shape index (κ2) is 31.8. The van der Waals surface area contributed by atoms with Crippen LogP contribution in [0.15, 0.2) is 41.4 Å². The van der Waals surface area contributed by atoms with Gasteiger partial charge >= 0.3 is 33.3 Å². The van der Waals surface area contributed by atoms with Crippen molar-refractivity contribution in [3.63, 3.8) is 0 Å². The number of carbonyl (C=O) groups excluding carboxylic acids is 3. The van der Waals surface area contributed by atoms with Crippen LogP contribution >= 0.6 is 15.6 Å². The number of nitrogen functional groups attached to an aromatic ring is 1. The van der Waals surface area contributed by atoms with Crippen molar-refractivity contribution in [3.05, 3.63) is 47.1 Å². The maximum Gasteiger partial charge on any atom is 0.481 e. The third kappa shape index (κ3) is 25.6. The lowest BCUT2D eigenvalue weighted by Crippen LogP contribution is -2.36. The van der Waals surface area contributed by atoms with E-state index in [0.29, 0.717) is 38.0 Å². The standard InChI is InChI=1S/C43H73N3O16P2/c1-4-5-6-7-9-14-19-24-34(47)25-20-15-12-17-22-27-39(49)60-35(30-57-38(48)26-21-16-11-8-10-13-18-23-33(2)3)31-58-63(53,54)62-64(55,56)59-32-36-40(50)41(51)42(61-36)46-29-28-37(44)45-43(46)52/h9,14,19,24,28-29,33,35-36,40-42,50-51H,4-8,10-13,15-18,20-23,25-27,30-32H2,1-3H3,(H,53,54)(H,55,56)(H2,44,45,52)/b14-9-,24-19+/t35-,36-,40-,41-,42-/m1/s1. The summed E-state index contributed by atoms with van der Waals surface area (Å²) in [6.45, 7) is 4.17. The number of carbonyl (C=O) groups is 3. The highest BCUT2D eigenvalue weighted by atomic mass is 31.3. The number of aliphatic hydroxyl groups excluding tert-OH is 2. The Kier molecular flexibility index (Phi) is 28.3. The van der Waals surface area contributed by atoms with Gasteiger partial charge in [-0.3, -0.25) is 28.0 Å². The Morgan fingerprint density at radius 1 is 0.828 bits per heavy atom. The normalized spacial score (nSPS) is 20.1. The van der Waals surface area contributed by atoms with Gasteiger partial charge in [-0.05, 0) is 50.2 Å². The van der Waals surface area contributed by atoms with Crippen LogP contribution in [0.2, 0.25) is 0 Å². The zero-order chi connectivity index (χ0) is 47.4. The van der Waals surface area contributed by atoms with Gasteiger partial charge in [0, 0.05) is 25.5 Å². The fraction of sp³-hybridized carbons (Fsp3) is 0.744. The van der Waals surface area contributed by atoms with Gasteiger partial charge in [-0.15, -0.1) is 0 Å². The molecule has 1 saturated heterocycles. The molecule has 0 bridgehead atoms. The summed E-state index contributed by atoms with van der Waals surface area (Å²) < 4.78 is 56.4. The van der Waals surface area contributed by atoms with Crippen LogP contribution in [0.3, 0.4) is 0 Å². The van der Waals surface area contributed by atoms with Crippen molar-refractivity contribution in [1.82, 2.24) is 9.55 Å². The molecule has 2 unspecified atom stereocenters. The molecule has 0 aromatic carbocycles. The van der Waals surface area contributed by atoms with E-state index in [1.165, 1.54) is 31.7 Å². The smallest absolute Gasteiger partial charge is 0.462 e. The molecule has 1 fully saturated rings. The van der Waals surface area contributed by atoms with Gasteiger partial charge in [-0.2, -0.15) is 9.29 Å². The Labute approximate surface area is 377 Å². The van der Waals surface area contributed by atoms with Crippen molar-refractivity contribution in [2.75, 3.05) is 25.6 Å². The molecule has 1 aromatic rings. The van der Waals surface area contributed by atoms with Crippen LogP contribution in [0.1, 0.15) is 155 Å². The Hall–Kier alpha value is -3.09. The molecule has 0 aliphatic carbocycles. The summed E-state index contributed by atoms with van der Waals surface area (Å²) in [7, 11) is -10.9. The predicted octanol–water partition coefficient (Wildman–Crippen LogP) is 7.31. The topological polar surface area (TPSA) is 283 Å². The number of unbranched alkanes of at least 4 members (excludes halogenated alkanes) is 13. The van der Waals surface area contributed by atoms with E-state index >= 15 is 0 Å². The molecular formula is C43H73N3O16P2. The SMILES string of the molecule is CCCCC/C=C\C=C\C(=O)CCCCCCCC(=O)O[C@H](COC(=O)CCCCCCCCCC(C)C)COP(=O)(O)OP(=O)(O)OC[C@H]1O[C@@H](n2ccc(N)nc2=O)[C@H](O)[C@@H]1O. The van der Waals surface area contributed by atoms with Crippen LogP contribution in [0.4, 0.5) is 5.82 Å². The number of aromatic nitrogens is 2. The number of allylic oxidation sites excluding steroid dienone is 4. The number of anilines is 1. The lowest BCUT2D eigenvalue weighted by atomic mass is 10.0. The minimum absolute atomic E-state index is 0.0325. The van der Waals surface area contributed by atoms with Gasteiger partial charge in [-0.1, -0.05) is 116 Å². The molecule has 6 N–H and O–H groups in total. The van der Waals surface area contributed by atoms with Crippen molar-refractivity contribution in [2.45, 2.75) is 180 Å². The quantitative estimate of drug-likeness (QED) is 0.0145. The number of rotatable bonds is 36. The van der Waals surface area contributed by atoms with E-state index < -0.39 is 83.7 Å². The number of ether oxygens (including phenoxy) is 3. The lowest BCUT2D eigenvalue weighted by molar-refractivity contribution is -0.161. The maximum atomic E-state index is 12.8. The summed E-state index contributed by atoms with van der Waals surface area (Å²) in [5.74, 6) is -0.662. The fourth-order valence-electron chi connectivity index (χ4n) is 6.60. The van der Waals surface area contributed by atoms with E-state index in [9.17, 15) is 48.3 Å². The van der Waals surface area contributed by atoms with Crippen molar-refractivity contribution >= 4 is 39.2 Å². The summed E-state index contributed by atoms with van der Waals surface area (Å²) >= 11 is 0. The molecule has 1 aromatic heterocycles. The van der Waals surface area contributed by atoms with Crippen LogP contribution in [0, 0.1) is 5.92 Å². The molecule has 366 valence electrons. The Morgan fingerprint density at radius 3 is 2.08 bits per heavy atom. The second-order valence-corrected chi connectivity index (χ2v) is 19.5. The minimum Gasteiger partial charge on any atom is -0.462 e. The fourth-order valence-corrected chi connectivity index (χ4v) is 8.71. The van der Waals surface area contributed by atoms with E-state index in [1.54, 1.807) is 12.2 Å². The van der Waals surface area contributed by atoms with Crippen LogP contribution in [0.5, 0.6) is 0 Å². The second-order valence-electron chi connectivity index (χ2n) is 16.4. The van der Waals surface area contributed by atoms with Crippen LogP contribution in [-0.2, 0) is 51.1 Å². The lowest BCUT2D eigenvalue weighted by Gasteiger charge is -2.21. The molecule has 0 spiro atoms. The molecule has 0 radical (unpaired) electrons. The van der Waals surface area contributed by atoms with E-state index in [4.69, 9.17) is 29.0 Å². The zero-order valence-corrected chi connectivity index (χ0v) is 39.5. The zero-order valence-electron chi connectivity index (χ0n) is 37.7. The number of phosphoric ester groups is 2. The van der Waals surface area contributed by atoms with E-state index in [1.807, 2.05) is 6.08 Å². The maximum absolute atomic E-state index is 12.8. The molecule has 2 rings (SSSR count). The first kappa shape index (κ1) is 57.0. The summed E-state index contributed by atoms with van der Waals surface area (Å²) in [6, 6.07) is 1.24. The van der Waals surface area contributed by atoms with Crippen molar-refractivity contribution in [1.29, 1.82) is 0 Å². The molecule has 0 saturated carbocycles. The van der Waals surface area contributed by atoms with Crippen LogP contribution in [-0.4, -0.2) is 91.5 Å². The monoisotopic (exact) mass is 949 g/mol. The summed E-state index contributed by atoms with van der Waals surface area (Å²) in [6.07, 6.45) is 17.1. The molecule has 0 amide bonds. The highest BCUT2D eigenvalue weighted by Crippen LogP contribution is 2.60. The number of aliphatic hydroxyl groups is 2. The van der Waals surface area contributed by atoms with Crippen molar-refractivity contribution in [3.8, 4) is 0 Å². The molecule has 2 heterocycles. The molecule has 1 aliphatic heterocycles. The van der Waals surface area contributed by atoms with Gasteiger partial charge in [0.15, 0.2) is 18.1 Å². The van der Waals surface area contributed by atoms with E-state index in [-0.39, 0.29) is 24.4 Å². The van der Waals surface area contributed by atoms with Gasteiger partial charge < -0.3 is 39.9 Å². The van der Waals surface area contributed by atoms with Gasteiger partial charge in [-0.25, -0.2) is 13.9 Å². The molecule has 1 aliphatic rings. The first-order valence-corrected chi connectivity index (χ1v) is 25.7. The van der Waals surface area contributed by atoms with E-state index in [2.05, 4.69) is 36.1 Å². The first-order chi connectivity index (χ1) is 30.4. The number of ketones is 1. The number of nitrogens with two attached hydrogens (primary N) is 1. The minimum atomic E-state index is -5.44. The third-order valence-corrected chi connectivity index (χ3v) is 12.8. The van der Waals surface area contributed by atoms with Gasteiger partial charge in [0.25, 0.3) is 0 Å². The van der Waals surface area contributed by atoms with Gasteiger partial charge in [0.05, 0.1) is 13.2 Å². The molecule has 21 heteroatoms. The number of phosphoric acid groups is 2. The molecular weight excluding hydrogens is 876 g/mol. The number of esters is 2. The van der Waals surface area contributed by atoms with Gasteiger partial charge in [0.2, 0.25) is 0 Å². The Morgan fingerprint density at radius 2 is 1.44 bits per heavy atom. The summed E-state index contributed by atoms with van der Waals surface area (Å²) in [5, 5.41) is 20.8. The summed E-state index contributed by atoms with van der Waals surface area (Å²) in [4.78, 5) is 73.7. The van der Waals surface area contributed by atoms with Crippen LogP contribution < -0.4 is 11.4 Å². The third-order valence-electron chi connectivity index (χ3n) is 10.2. The number of nitrogens with zero attached hydrogens (tertiary/aromatic N) is 2. The molecule has 7 atom stereocenters. The highest BCUT2D eigenvalue weighted by molar-refractivity contribution is 7.61. The Bertz CT molecular complexity index is 1740. The summed E-state index contributed by atoms with van der Waals surface area (Å²) in [5.41, 5.74) is 4.56. The number of hydrogen-bond acceptors (Lipinski definition) is 16. The average Bonchev–Trinajstić information content (AvgIpc) is 3.50. The number of hydrogen-bond donors (Lipinski definition) is 5. The van der Waals surface area contributed by atoms with Crippen molar-refractivity contribution < 1.29 is 71.1 Å². The Balaban J connectivity index is 1.86. The average molecular weight is 950 g/mol. The molecule has 19 nitrogen and oxygen atoms in total.